The van der Waals surface area contributed by atoms with Crippen molar-refractivity contribution in [2.24, 2.45) is 5.41 Å². The highest BCUT2D eigenvalue weighted by Crippen LogP contribution is 2.40. The van der Waals surface area contributed by atoms with Gasteiger partial charge in [0.2, 0.25) is 0 Å². The fourth-order valence-electron chi connectivity index (χ4n) is 5.67. The molecule has 0 bridgehead atoms. The van der Waals surface area contributed by atoms with Crippen molar-refractivity contribution >= 4 is 16.9 Å². The van der Waals surface area contributed by atoms with Crippen molar-refractivity contribution in [1.82, 2.24) is 19.9 Å². The number of fused-ring (bicyclic) bond motifs is 3. The first kappa shape index (κ1) is 23.0. The van der Waals surface area contributed by atoms with Crippen molar-refractivity contribution in [2.45, 2.75) is 60.2 Å². The molecular weight excluding hydrogens is 453 g/mol. The molecule has 0 radical (unpaired) electrons. The highest BCUT2D eigenvalue weighted by Gasteiger charge is 2.32. The number of hydrogen-bond acceptors (Lipinski definition) is 5. The summed E-state index contributed by atoms with van der Waals surface area (Å²) >= 11 is 0. The number of halogens is 1. The van der Waals surface area contributed by atoms with Crippen LogP contribution in [0.25, 0.3) is 22.2 Å². The van der Waals surface area contributed by atoms with Crippen LogP contribution in [0.5, 0.6) is 5.75 Å². The lowest BCUT2D eigenvalue weighted by Crippen LogP contribution is -2.32. The van der Waals surface area contributed by atoms with Gasteiger partial charge < -0.3 is 14.6 Å². The van der Waals surface area contributed by atoms with Crippen molar-refractivity contribution < 1.29 is 9.13 Å². The number of aromatic amines is 1. The van der Waals surface area contributed by atoms with E-state index >= 15 is 0 Å². The molecule has 3 heterocycles. The molecule has 0 amide bonds. The third-order valence-electron chi connectivity index (χ3n) is 7.49. The first-order chi connectivity index (χ1) is 17.3. The number of nitrogens with one attached hydrogen (secondary N) is 1. The summed E-state index contributed by atoms with van der Waals surface area (Å²) in [5.41, 5.74) is 8.83. The van der Waals surface area contributed by atoms with Gasteiger partial charge in [-0.05, 0) is 79.5 Å². The van der Waals surface area contributed by atoms with E-state index in [1.165, 1.54) is 5.56 Å². The molecule has 4 aromatic rings. The largest absolute Gasteiger partial charge is 0.491 e. The Bertz CT molecular complexity index is 1470. The SMILES string of the molecule is Cc1nc2cc(-c3cc(C)c4c(c3)CN(c3nc(CF)nc5c3CC(C)(C)CC5)CCO4)ccc2[nH]1. The summed E-state index contributed by atoms with van der Waals surface area (Å²) in [6.45, 7) is 9.90. The predicted octanol–water partition coefficient (Wildman–Crippen LogP) is 6.02. The molecular formula is C29H32FN5O. The van der Waals surface area contributed by atoms with Crippen LogP contribution in [0.1, 0.15) is 54.3 Å². The summed E-state index contributed by atoms with van der Waals surface area (Å²) in [5.74, 6) is 3.00. The maximum Gasteiger partial charge on any atom is 0.162 e. The standard InChI is InChI=1S/C29H32FN5O/c1-17-11-20(19-5-6-24-25(13-19)32-18(2)31-24)12-21-16-35(9-10-36-27(17)21)28-22-14-29(3,4)8-7-23(22)33-26(15-30)34-28/h5-6,11-13H,7-10,14-16H2,1-4H3,(H,31,32). The second kappa shape index (κ2) is 8.57. The Labute approximate surface area is 211 Å². The molecule has 186 valence electrons. The number of benzene rings is 2. The van der Waals surface area contributed by atoms with E-state index in [-0.39, 0.29) is 11.2 Å². The Kier molecular flexibility index (Phi) is 5.47. The lowest BCUT2D eigenvalue weighted by molar-refractivity contribution is 0.309. The number of H-pyrrole nitrogens is 1. The minimum absolute atomic E-state index is 0.176. The van der Waals surface area contributed by atoms with Crippen LogP contribution in [0.4, 0.5) is 10.2 Å². The van der Waals surface area contributed by atoms with Crippen molar-refractivity contribution in [3.05, 3.63) is 64.4 Å². The van der Waals surface area contributed by atoms with Gasteiger partial charge in [-0.1, -0.05) is 19.9 Å². The number of aromatic nitrogens is 4. The van der Waals surface area contributed by atoms with Gasteiger partial charge >= 0.3 is 0 Å². The van der Waals surface area contributed by atoms with E-state index in [2.05, 4.69) is 71.0 Å². The van der Waals surface area contributed by atoms with Crippen LogP contribution in [-0.4, -0.2) is 33.1 Å². The molecule has 1 aliphatic heterocycles. The second-order valence-electron chi connectivity index (χ2n) is 11.0. The molecule has 6 rings (SSSR count). The molecule has 36 heavy (non-hydrogen) atoms. The third kappa shape index (κ3) is 4.10. The highest BCUT2D eigenvalue weighted by molar-refractivity contribution is 5.82. The van der Waals surface area contributed by atoms with E-state index in [0.717, 1.165) is 75.6 Å². The lowest BCUT2D eigenvalue weighted by atomic mass is 9.76. The van der Waals surface area contributed by atoms with Gasteiger partial charge in [-0.3, -0.25) is 0 Å². The average Bonchev–Trinajstić information content (AvgIpc) is 3.08. The normalized spacial score (nSPS) is 16.9. The summed E-state index contributed by atoms with van der Waals surface area (Å²) < 4.78 is 20.0. The molecule has 6 nitrogen and oxygen atoms in total. The summed E-state index contributed by atoms with van der Waals surface area (Å²) in [6.07, 6.45) is 2.82. The Balaban J connectivity index is 1.41. The molecule has 7 heteroatoms. The number of anilines is 1. The van der Waals surface area contributed by atoms with Gasteiger partial charge in [-0.25, -0.2) is 19.3 Å². The van der Waals surface area contributed by atoms with Crippen molar-refractivity contribution in [2.75, 3.05) is 18.1 Å². The molecule has 2 aromatic heterocycles. The minimum atomic E-state index is -0.650. The maximum absolute atomic E-state index is 13.7. The quantitative estimate of drug-likeness (QED) is 0.384. The zero-order valence-corrected chi connectivity index (χ0v) is 21.4. The Hall–Kier alpha value is -3.48. The van der Waals surface area contributed by atoms with Gasteiger partial charge in [-0.15, -0.1) is 0 Å². The van der Waals surface area contributed by atoms with Gasteiger partial charge in [0, 0.05) is 23.4 Å². The van der Waals surface area contributed by atoms with E-state index in [4.69, 9.17) is 9.72 Å². The molecule has 1 N–H and O–H groups in total. The number of hydrogen-bond donors (Lipinski definition) is 1. The van der Waals surface area contributed by atoms with Crippen molar-refractivity contribution in [3.8, 4) is 16.9 Å². The van der Waals surface area contributed by atoms with E-state index in [9.17, 15) is 4.39 Å². The van der Waals surface area contributed by atoms with Gasteiger partial charge in [-0.2, -0.15) is 0 Å². The average molecular weight is 486 g/mol. The highest BCUT2D eigenvalue weighted by atomic mass is 19.1. The Morgan fingerprint density at radius 3 is 2.78 bits per heavy atom. The third-order valence-corrected chi connectivity index (χ3v) is 7.49. The number of aryl methyl sites for hydroxylation is 3. The molecule has 1 aliphatic carbocycles. The number of ether oxygens (including phenoxy) is 1. The predicted molar refractivity (Wildman–Crippen MR) is 140 cm³/mol. The number of imidazole rings is 1. The summed E-state index contributed by atoms with van der Waals surface area (Å²) in [7, 11) is 0. The maximum atomic E-state index is 13.7. The first-order valence-corrected chi connectivity index (χ1v) is 12.7. The number of alkyl halides is 1. The molecule has 0 atom stereocenters. The number of nitrogens with zero attached hydrogens (tertiary/aromatic N) is 4. The molecule has 0 spiro atoms. The lowest BCUT2D eigenvalue weighted by Gasteiger charge is -2.34. The van der Waals surface area contributed by atoms with Crippen LogP contribution >= 0.6 is 0 Å². The minimum Gasteiger partial charge on any atom is -0.491 e. The van der Waals surface area contributed by atoms with Crippen molar-refractivity contribution in [3.63, 3.8) is 0 Å². The fourth-order valence-corrected chi connectivity index (χ4v) is 5.67. The second-order valence-corrected chi connectivity index (χ2v) is 11.0. The van der Waals surface area contributed by atoms with Gasteiger partial charge in [0.25, 0.3) is 0 Å². The molecule has 2 aromatic carbocycles. The van der Waals surface area contributed by atoms with E-state index in [1.807, 2.05) is 6.92 Å². The first-order valence-electron chi connectivity index (χ1n) is 12.7. The van der Waals surface area contributed by atoms with Gasteiger partial charge in [0.15, 0.2) is 5.82 Å². The fraction of sp³-hybridized carbons (Fsp3) is 0.414. The summed E-state index contributed by atoms with van der Waals surface area (Å²) in [5, 5.41) is 0. The number of rotatable bonds is 3. The van der Waals surface area contributed by atoms with Crippen LogP contribution in [-0.2, 0) is 26.1 Å². The van der Waals surface area contributed by atoms with Crippen LogP contribution in [0.15, 0.2) is 30.3 Å². The van der Waals surface area contributed by atoms with E-state index < -0.39 is 6.67 Å². The van der Waals surface area contributed by atoms with E-state index in [0.29, 0.717) is 19.7 Å². The molecule has 2 aliphatic rings. The van der Waals surface area contributed by atoms with Gasteiger partial charge in [0.1, 0.15) is 30.7 Å². The molecule has 0 unspecified atom stereocenters. The van der Waals surface area contributed by atoms with Crippen molar-refractivity contribution in [1.29, 1.82) is 0 Å². The van der Waals surface area contributed by atoms with Gasteiger partial charge in [0.05, 0.1) is 17.6 Å². The van der Waals surface area contributed by atoms with Crippen LogP contribution in [0.3, 0.4) is 0 Å². The smallest absolute Gasteiger partial charge is 0.162 e. The van der Waals surface area contributed by atoms with E-state index in [1.54, 1.807) is 0 Å². The van der Waals surface area contributed by atoms with Crippen LogP contribution in [0.2, 0.25) is 0 Å². The zero-order chi connectivity index (χ0) is 25.0. The molecule has 0 saturated carbocycles. The topological polar surface area (TPSA) is 66.9 Å². The van der Waals surface area contributed by atoms with Crippen LogP contribution in [0, 0.1) is 19.3 Å². The Morgan fingerprint density at radius 2 is 1.94 bits per heavy atom. The van der Waals surface area contributed by atoms with Crippen LogP contribution < -0.4 is 9.64 Å². The zero-order valence-electron chi connectivity index (χ0n) is 21.4. The molecule has 0 saturated heterocycles. The molecule has 0 fully saturated rings. The summed E-state index contributed by atoms with van der Waals surface area (Å²) in [6, 6.07) is 10.8. The monoisotopic (exact) mass is 485 g/mol. The Morgan fingerprint density at radius 1 is 1.08 bits per heavy atom. The summed E-state index contributed by atoms with van der Waals surface area (Å²) in [4.78, 5) is 19.4.